The maximum absolute atomic E-state index is 12.8. The van der Waals surface area contributed by atoms with E-state index in [-0.39, 0.29) is 25.4 Å². The SMILES string of the molecule is O=C(OCC1c2ccccc2-c2ccccc21)N1CCC(C(=O)O)(n2cc(Br)cn2)CC1. The lowest BCUT2D eigenvalue weighted by atomic mass is 9.88. The van der Waals surface area contributed by atoms with Gasteiger partial charge in [0.1, 0.15) is 6.61 Å². The van der Waals surface area contributed by atoms with Gasteiger partial charge in [-0.2, -0.15) is 5.10 Å². The highest BCUT2D eigenvalue weighted by Crippen LogP contribution is 2.44. The molecule has 2 aliphatic rings. The molecule has 1 saturated heterocycles. The molecule has 1 N–H and O–H groups in total. The van der Waals surface area contributed by atoms with Crippen LogP contribution in [0.4, 0.5) is 4.79 Å². The summed E-state index contributed by atoms with van der Waals surface area (Å²) in [5.41, 5.74) is 3.52. The molecule has 3 aromatic rings. The molecule has 0 atom stereocenters. The molecule has 1 fully saturated rings. The second kappa shape index (κ2) is 8.09. The van der Waals surface area contributed by atoms with Crippen molar-refractivity contribution in [2.45, 2.75) is 24.3 Å². The zero-order valence-corrected chi connectivity index (χ0v) is 18.9. The fourth-order valence-electron chi connectivity index (χ4n) is 4.82. The van der Waals surface area contributed by atoms with Crippen molar-refractivity contribution in [2.75, 3.05) is 19.7 Å². The van der Waals surface area contributed by atoms with E-state index in [2.05, 4.69) is 45.3 Å². The van der Waals surface area contributed by atoms with Crippen LogP contribution in [0.5, 0.6) is 0 Å². The molecule has 1 amide bonds. The summed E-state index contributed by atoms with van der Waals surface area (Å²) in [6, 6.07) is 16.4. The first-order valence-electron chi connectivity index (χ1n) is 10.5. The molecule has 0 spiro atoms. The minimum atomic E-state index is -1.16. The van der Waals surface area contributed by atoms with Gasteiger partial charge in [0, 0.05) is 38.0 Å². The summed E-state index contributed by atoms with van der Waals surface area (Å²) in [6.45, 7) is 0.834. The maximum atomic E-state index is 12.8. The van der Waals surface area contributed by atoms with Crippen molar-refractivity contribution >= 4 is 28.0 Å². The molecule has 0 bridgehead atoms. The predicted molar refractivity (Wildman–Crippen MR) is 121 cm³/mol. The Morgan fingerprint density at radius 3 is 2.19 bits per heavy atom. The number of ether oxygens (including phenoxy) is 1. The van der Waals surface area contributed by atoms with Crippen molar-refractivity contribution in [2.24, 2.45) is 0 Å². The minimum Gasteiger partial charge on any atom is -0.479 e. The van der Waals surface area contributed by atoms with Gasteiger partial charge in [-0.15, -0.1) is 0 Å². The van der Waals surface area contributed by atoms with E-state index in [1.54, 1.807) is 17.3 Å². The van der Waals surface area contributed by atoms with Crippen molar-refractivity contribution in [3.05, 3.63) is 76.5 Å². The van der Waals surface area contributed by atoms with E-state index in [4.69, 9.17) is 4.74 Å². The Hall–Kier alpha value is -3.13. The molecule has 8 heteroatoms. The van der Waals surface area contributed by atoms with Crippen LogP contribution in [0.15, 0.2) is 65.4 Å². The fourth-order valence-corrected chi connectivity index (χ4v) is 5.11. The van der Waals surface area contributed by atoms with Gasteiger partial charge in [0.2, 0.25) is 0 Å². The van der Waals surface area contributed by atoms with Gasteiger partial charge in [-0.1, -0.05) is 48.5 Å². The molecule has 7 nitrogen and oxygen atoms in total. The van der Waals surface area contributed by atoms with Gasteiger partial charge < -0.3 is 14.7 Å². The molecule has 1 aromatic heterocycles. The Morgan fingerprint density at radius 1 is 1.06 bits per heavy atom. The van der Waals surface area contributed by atoms with Crippen LogP contribution in [0.3, 0.4) is 0 Å². The summed E-state index contributed by atoms with van der Waals surface area (Å²) >= 11 is 3.32. The second-order valence-corrected chi connectivity index (χ2v) is 9.15. The van der Waals surface area contributed by atoms with Crippen LogP contribution in [-0.4, -0.2) is 51.5 Å². The number of carboxylic acid groups (broad SMARTS) is 1. The smallest absolute Gasteiger partial charge is 0.409 e. The van der Waals surface area contributed by atoms with Crippen LogP contribution < -0.4 is 0 Å². The Kier molecular flexibility index (Phi) is 5.25. The highest BCUT2D eigenvalue weighted by atomic mass is 79.9. The molecule has 2 heterocycles. The third-order valence-corrected chi connectivity index (χ3v) is 6.98. The van der Waals surface area contributed by atoms with Crippen LogP contribution in [0.25, 0.3) is 11.1 Å². The largest absolute Gasteiger partial charge is 0.479 e. The summed E-state index contributed by atoms with van der Waals surface area (Å²) in [5, 5.41) is 14.1. The van der Waals surface area contributed by atoms with Gasteiger partial charge >= 0.3 is 12.1 Å². The number of piperidine rings is 1. The lowest BCUT2D eigenvalue weighted by Gasteiger charge is -2.38. The second-order valence-electron chi connectivity index (χ2n) is 8.23. The normalized spacial score (nSPS) is 17.0. The number of carbonyl (C=O) groups is 2. The van der Waals surface area contributed by atoms with Gasteiger partial charge in [0.25, 0.3) is 0 Å². The number of carbonyl (C=O) groups excluding carboxylic acids is 1. The van der Waals surface area contributed by atoms with Gasteiger partial charge in [-0.3, -0.25) is 4.68 Å². The molecule has 1 aliphatic carbocycles. The molecular formula is C24H22BrN3O4. The number of hydrogen-bond acceptors (Lipinski definition) is 4. The molecule has 0 unspecified atom stereocenters. The van der Waals surface area contributed by atoms with Crippen LogP contribution in [0, 0.1) is 0 Å². The van der Waals surface area contributed by atoms with Crippen molar-refractivity contribution in [3.63, 3.8) is 0 Å². The van der Waals surface area contributed by atoms with Gasteiger partial charge in [0.05, 0.1) is 10.7 Å². The average molecular weight is 496 g/mol. The van der Waals surface area contributed by atoms with E-state index in [9.17, 15) is 14.7 Å². The molecule has 0 radical (unpaired) electrons. The maximum Gasteiger partial charge on any atom is 0.409 e. The number of likely N-dealkylation sites (tertiary alicyclic amines) is 1. The number of rotatable bonds is 4. The number of nitrogens with zero attached hydrogens (tertiary/aromatic N) is 3. The van der Waals surface area contributed by atoms with Crippen molar-refractivity contribution in [3.8, 4) is 11.1 Å². The van der Waals surface area contributed by atoms with Crippen molar-refractivity contribution in [1.82, 2.24) is 14.7 Å². The first kappa shape index (κ1) is 20.8. The number of halogens is 1. The molecule has 2 aromatic carbocycles. The lowest BCUT2D eigenvalue weighted by molar-refractivity contribution is -0.151. The summed E-state index contributed by atoms with van der Waals surface area (Å²) < 4.78 is 7.93. The average Bonchev–Trinajstić information content (AvgIpc) is 3.39. The summed E-state index contributed by atoms with van der Waals surface area (Å²) in [5.74, 6) is -0.948. The van der Waals surface area contributed by atoms with Crippen molar-refractivity contribution in [1.29, 1.82) is 0 Å². The van der Waals surface area contributed by atoms with E-state index < -0.39 is 17.6 Å². The minimum absolute atomic E-state index is 0.00400. The van der Waals surface area contributed by atoms with Crippen LogP contribution >= 0.6 is 15.9 Å². The van der Waals surface area contributed by atoms with E-state index in [0.717, 1.165) is 15.6 Å². The number of benzene rings is 2. The standard InChI is InChI=1S/C24H22BrN3O4/c25-16-13-26-28(14-16)24(22(29)30)9-11-27(12-10-24)23(31)32-15-21-19-7-3-1-5-17(19)18-6-2-4-8-20(18)21/h1-8,13-14,21H,9-12,15H2,(H,29,30). The van der Waals surface area contributed by atoms with Gasteiger partial charge in [0.15, 0.2) is 5.54 Å². The van der Waals surface area contributed by atoms with Gasteiger partial charge in [-0.25, -0.2) is 9.59 Å². The Labute approximate surface area is 193 Å². The monoisotopic (exact) mass is 495 g/mol. The summed E-state index contributed by atoms with van der Waals surface area (Å²) in [6.07, 6.45) is 3.36. The third-order valence-electron chi connectivity index (χ3n) is 6.57. The number of fused-ring (bicyclic) bond motifs is 3. The molecular weight excluding hydrogens is 474 g/mol. The predicted octanol–water partition coefficient (Wildman–Crippen LogP) is 4.47. The Bertz CT molecular complexity index is 1140. The van der Waals surface area contributed by atoms with Gasteiger partial charge in [-0.05, 0) is 38.2 Å². The number of aliphatic carboxylic acids is 1. The molecule has 5 rings (SSSR count). The first-order chi connectivity index (χ1) is 15.5. The number of hydrogen-bond donors (Lipinski definition) is 1. The zero-order valence-electron chi connectivity index (χ0n) is 17.3. The first-order valence-corrected chi connectivity index (χ1v) is 11.3. The highest BCUT2D eigenvalue weighted by molar-refractivity contribution is 9.10. The Morgan fingerprint density at radius 2 is 1.66 bits per heavy atom. The molecule has 0 saturated carbocycles. The molecule has 1 aliphatic heterocycles. The van der Waals surface area contributed by atoms with Crippen LogP contribution in [0.2, 0.25) is 0 Å². The zero-order chi connectivity index (χ0) is 22.3. The topological polar surface area (TPSA) is 84.7 Å². The number of aromatic nitrogens is 2. The van der Waals surface area contributed by atoms with Crippen LogP contribution in [-0.2, 0) is 15.1 Å². The Balaban J connectivity index is 1.27. The van der Waals surface area contributed by atoms with E-state index in [0.29, 0.717) is 13.1 Å². The highest BCUT2D eigenvalue weighted by Gasteiger charge is 2.45. The summed E-state index contributed by atoms with van der Waals surface area (Å²) in [7, 11) is 0. The molecule has 164 valence electrons. The quantitative estimate of drug-likeness (QED) is 0.576. The summed E-state index contributed by atoms with van der Waals surface area (Å²) in [4.78, 5) is 26.5. The lowest BCUT2D eigenvalue weighted by Crippen LogP contribution is -2.52. The number of amides is 1. The van der Waals surface area contributed by atoms with Crippen LogP contribution in [0.1, 0.15) is 29.9 Å². The third kappa shape index (κ3) is 3.39. The number of carboxylic acids is 1. The van der Waals surface area contributed by atoms with Crippen molar-refractivity contribution < 1.29 is 19.4 Å². The molecule has 32 heavy (non-hydrogen) atoms. The van der Waals surface area contributed by atoms with E-state index >= 15 is 0 Å². The fraction of sp³-hybridized carbons (Fsp3) is 0.292. The van der Waals surface area contributed by atoms with E-state index in [1.807, 2.05) is 24.3 Å². The van der Waals surface area contributed by atoms with E-state index in [1.165, 1.54) is 15.8 Å².